The summed E-state index contributed by atoms with van der Waals surface area (Å²) in [6.45, 7) is 9.64. The molecule has 3 heterocycles. The topological polar surface area (TPSA) is 157 Å². The van der Waals surface area contributed by atoms with Crippen molar-refractivity contribution in [1.29, 1.82) is 0 Å². The number of anilines is 3. The minimum atomic E-state index is -0.821. The average molecular weight is 1260 g/mol. The lowest BCUT2D eigenvalue weighted by Gasteiger charge is -2.33. The fourth-order valence-electron chi connectivity index (χ4n) is 12.3. The molecule has 0 aliphatic heterocycles. The summed E-state index contributed by atoms with van der Waals surface area (Å²) < 4.78 is 38.2. The molecule has 8 aromatic carbocycles. The van der Waals surface area contributed by atoms with Gasteiger partial charge in [-0.2, -0.15) is 0 Å². The smallest absolute Gasteiger partial charge is 0.311 e. The van der Waals surface area contributed by atoms with E-state index in [4.69, 9.17) is 27.8 Å². The van der Waals surface area contributed by atoms with Crippen molar-refractivity contribution in [2.45, 2.75) is 124 Å². The normalized spacial score (nSPS) is 12.2. The zero-order valence-electron chi connectivity index (χ0n) is 54.9. The second kappa shape index (κ2) is 31.7. The summed E-state index contributed by atoms with van der Waals surface area (Å²) in [4.78, 5) is 29.0. The Morgan fingerprint density at radius 3 is 1.28 bits per heavy atom. The van der Waals surface area contributed by atoms with Crippen LogP contribution in [0.1, 0.15) is 124 Å². The van der Waals surface area contributed by atoms with E-state index < -0.39 is 10.8 Å². The van der Waals surface area contributed by atoms with Gasteiger partial charge >= 0.3 is 11.9 Å². The highest BCUT2D eigenvalue weighted by Gasteiger charge is 2.43. The van der Waals surface area contributed by atoms with Gasteiger partial charge in [0.1, 0.15) is 11.5 Å². The first-order chi connectivity index (χ1) is 45.9. The molecule has 94 heavy (non-hydrogen) atoms. The van der Waals surface area contributed by atoms with Gasteiger partial charge in [0.25, 0.3) is 0 Å². The first-order valence-corrected chi connectivity index (χ1v) is 33.5. The molecule has 0 radical (unpaired) electrons. The fraction of sp³-hybridized carbons (Fsp3) is 0.325. The highest BCUT2D eigenvalue weighted by atomic mass is 16.5. The van der Waals surface area contributed by atoms with E-state index in [0.29, 0.717) is 62.8 Å². The number of rotatable bonds is 34. The van der Waals surface area contributed by atoms with Crippen LogP contribution >= 0.6 is 0 Å². The standard InChI is InChI=1S/C80H86N6O8/c1-6-80(4,78(88)92-55-27-15-14-25-53-89-67-47-40-59(41-48-67)58-34-36-60(37-35-58)73-83-84-76(94-73)63-44-51-72-70(56-63)69-32-22-23-33-71(69)85(72)5)57-79(2,3)77(87)91-54-26-13-11-9-7-8-10-12-24-52-90-68-49-42-62(43-50-68)75-82-81-74(93-75)61-38-45-66(46-39-61)86(64-28-18-16-19-29-64)65-30-20-17-21-31-65/h16-23,28-51,56H,6-15,24-27,52-55,57H2,1-5H3. The van der Waals surface area contributed by atoms with E-state index in [1.807, 2.05) is 131 Å². The maximum absolute atomic E-state index is 13.4. The molecule has 0 aliphatic carbocycles. The van der Waals surface area contributed by atoms with Gasteiger partial charge in [-0.15, -0.1) is 20.4 Å². The zero-order chi connectivity index (χ0) is 65.1. The fourth-order valence-corrected chi connectivity index (χ4v) is 12.3. The molecule has 1 atom stereocenters. The zero-order valence-corrected chi connectivity index (χ0v) is 54.9. The van der Waals surface area contributed by atoms with E-state index in [1.165, 1.54) is 30.2 Å². The van der Waals surface area contributed by atoms with Crippen molar-refractivity contribution < 1.29 is 37.4 Å². The number of ether oxygens (including phenoxy) is 4. The van der Waals surface area contributed by atoms with Crippen LogP contribution in [0.2, 0.25) is 0 Å². The number of hydrogen-bond acceptors (Lipinski definition) is 13. The monoisotopic (exact) mass is 1260 g/mol. The number of hydrogen-bond donors (Lipinski definition) is 0. The number of nitrogens with zero attached hydrogens (tertiary/aromatic N) is 6. The molecule has 0 N–H and O–H groups in total. The Balaban J connectivity index is 0.497. The molecule has 0 fully saturated rings. The van der Waals surface area contributed by atoms with Crippen molar-refractivity contribution in [2.75, 3.05) is 31.3 Å². The van der Waals surface area contributed by atoms with Crippen LogP contribution in [-0.2, 0) is 26.1 Å². The summed E-state index contributed by atoms with van der Waals surface area (Å²) in [6.07, 6.45) is 14.3. The third kappa shape index (κ3) is 16.7. The molecule has 0 spiro atoms. The molecule has 0 bridgehead atoms. The van der Waals surface area contributed by atoms with Crippen molar-refractivity contribution in [3.8, 4) is 68.4 Å². The van der Waals surface area contributed by atoms with Crippen LogP contribution in [0.4, 0.5) is 17.1 Å². The molecule has 0 aliphatic rings. The first-order valence-electron chi connectivity index (χ1n) is 33.5. The van der Waals surface area contributed by atoms with Gasteiger partial charge in [0.15, 0.2) is 0 Å². The van der Waals surface area contributed by atoms with Crippen LogP contribution < -0.4 is 14.4 Å². The molecule has 0 saturated heterocycles. The number of carbonyl (C=O) groups is 2. The van der Waals surface area contributed by atoms with Gasteiger partial charge in [0, 0.05) is 68.2 Å². The number of esters is 2. The molecule has 11 aromatic rings. The van der Waals surface area contributed by atoms with Gasteiger partial charge in [-0.05, 0) is 205 Å². The Morgan fingerprint density at radius 2 is 0.777 bits per heavy atom. The molecular weight excluding hydrogens is 1170 g/mol. The number of carbonyl (C=O) groups excluding carboxylic acids is 2. The lowest BCUT2D eigenvalue weighted by Crippen LogP contribution is -2.38. The quantitative estimate of drug-likeness (QED) is 0.0277. The van der Waals surface area contributed by atoms with Gasteiger partial charge in [-0.1, -0.05) is 131 Å². The Labute approximate surface area is 552 Å². The van der Waals surface area contributed by atoms with Gasteiger partial charge in [-0.25, -0.2) is 0 Å². The van der Waals surface area contributed by atoms with Crippen LogP contribution in [0.5, 0.6) is 11.5 Å². The van der Waals surface area contributed by atoms with Crippen LogP contribution in [0.25, 0.3) is 78.7 Å². The molecule has 484 valence electrons. The van der Waals surface area contributed by atoms with Gasteiger partial charge in [0.2, 0.25) is 23.6 Å². The number of unbranched alkanes of at least 4 members (excludes halogenated alkanes) is 11. The number of fused-ring (bicyclic) bond motifs is 3. The molecule has 0 amide bonds. The number of benzene rings is 8. The van der Waals surface area contributed by atoms with Gasteiger partial charge in [0.05, 0.1) is 37.3 Å². The van der Waals surface area contributed by atoms with Crippen molar-refractivity contribution >= 4 is 50.8 Å². The molecule has 11 rings (SSSR count). The summed E-state index contributed by atoms with van der Waals surface area (Å²) in [6, 6.07) is 67.5. The second-order valence-corrected chi connectivity index (χ2v) is 25.4. The van der Waals surface area contributed by atoms with Crippen LogP contribution in [0.15, 0.2) is 209 Å². The van der Waals surface area contributed by atoms with Crippen molar-refractivity contribution in [3.63, 3.8) is 0 Å². The lowest BCUT2D eigenvalue weighted by molar-refractivity contribution is -0.163. The van der Waals surface area contributed by atoms with E-state index in [1.54, 1.807) is 0 Å². The highest BCUT2D eigenvalue weighted by Crippen LogP contribution is 2.40. The second-order valence-electron chi connectivity index (χ2n) is 25.4. The number of aryl methyl sites for hydroxylation is 1. The molecular formula is C80H86N6O8. The van der Waals surface area contributed by atoms with E-state index >= 15 is 0 Å². The Morgan fingerprint density at radius 1 is 0.404 bits per heavy atom. The third-order valence-electron chi connectivity index (χ3n) is 17.8. The third-order valence-corrected chi connectivity index (χ3v) is 17.8. The van der Waals surface area contributed by atoms with E-state index in [0.717, 1.165) is 137 Å². The van der Waals surface area contributed by atoms with E-state index in [9.17, 15) is 9.59 Å². The van der Waals surface area contributed by atoms with Crippen molar-refractivity contribution in [1.82, 2.24) is 25.0 Å². The maximum atomic E-state index is 13.4. The van der Waals surface area contributed by atoms with Crippen molar-refractivity contribution in [3.05, 3.63) is 200 Å². The maximum Gasteiger partial charge on any atom is 0.311 e. The predicted octanol–water partition coefficient (Wildman–Crippen LogP) is 20.4. The molecule has 14 nitrogen and oxygen atoms in total. The van der Waals surface area contributed by atoms with Crippen molar-refractivity contribution in [2.24, 2.45) is 17.9 Å². The average Bonchev–Trinajstić information content (AvgIpc) is 1.60. The van der Waals surface area contributed by atoms with Crippen LogP contribution in [0.3, 0.4) is 0 Å². The lowest BCUT2D eigenvalue weighted by atomic mass is 9.72. The Hall–Kier alpha value is -9.82. The summed E-state index contributed by atoms with van der Waals surface area (Å²) in [7, 11) is 2.09. The van der Waals surface area contributed by atoms with E-state index in [-0.39, 0.29) is 11.9 Å². The molecule has 1 unspecified atom stereocenters. The SMILES string of the molecule is CCC(C)(CC(C)(C)C(=O)OCCCCCCCCCCCOc1ccc(-c2nnc(-c3ccc(N(c4ccccc4)c4ccccc4)cc3)o2)cc1)C(=O)OCCCCCCOc1ccc(-c2ccc(-c3nnc(-c4ccc5c(c4)c4ccccc4n5C)o3)cc2)cc1. The summed E-state index contributed by atoms with van der Waals surface area (Å²) in [5.74, 6) is 3.00. The molecule has 14 heteroatoms. The first kappa shape index (κ1) is 65.7. The Bertz CT molecular complexity index is 4140. The predicted molar refractivity (Wildman–Crippen MR) is 374 cm³/mol. The Kier molecular flexibility index (Phi) is 22.1. The number of para-hydroxylation sites is 3. The minimum absolute atomic E-state index is 0.256. The molecule has 3 aromatic heterocycles. The summed E-state index contributed by atoms with van der Waals surface area (Å²) in [5, 5.41) is 19.8. The number of aromatic nitrogens is 5. The van der Waals surface area contributed by atoms with Crippen LogP contribution in [0, 0.1) is 10.8 Å². The van der Waals surface area contributed by atoms with Gasteiger partial charge < -0.3 is 37.2 Å². The summed E-state index contributed by atoms with van der Waals surface area (Å²) >= 11 is 0. The van der Waals surface area contributed by atoms with Gasteiger partial charge in [-0.3, -0.25) is 9.59 Å². The molecule has 0 saturated carbocycles. The summed E-state index contributed by atoms with van der Waals surface area (Å²) in [5.41, 5.74) is 9.47. The highest BCUT2D eigenvalue weighted by molar-refractivity contribution is 6.09. The largest absolute Gasteiger partial charge is 0.494 e. The minimum Gasteiger partial charge on any atom is -0.494 e. The van der Waals surface area contributed by atoms with Crippen LogP contribution in [-0.4, -0.2) is 63.3 Å². The van der Waals surface area contributed by atoms with E-state index in [2.05, 4.69) is 134 Å².